The number of carbonyl (C=O) groups excluding carboxylic acids is 1. The van der Waals surface area contributed by atoms with E-state index >= 15 is 0 Å². The van der Waals surface area contributed by atoms with Crippen LogP contribution in [0.25, 0.3) is 0 Å². The van der Waals surface area contributed by atoms with Gasteiger partial charge < -0.3 is 9.47 Å². The van der Waals surface area contributed by atoms with Gasteiger partial charge in [0, 0.05) is 23.3 Å². The van der Waals surface area contributed by atoms with Crippen molar-refractivity contribution in [3.63, 3.8) is 0 Å². The zero-order valence-electron chi connectivity index (χ0n) is 10.8. The lowest BCUT2D eigenvalue weighted by molar-refractivity contribution is -0.121. The van der Waals surface area contributed by atoms with E-state index < -0.39 is 0 Å². The van der Waals surface area contributed by atoms with Crippen molar-refractivity contribution >= 4 is 5.78 Å². The number of ketones is 1. The SMILES string of the molecule is COc1nc(OC)c2c(n1)[C@@]1(C)CCC(=O)C1C2. The molecule has 1 fully saturated rings. The molecule has 2 atom stereocenters. The fourth-order valence-electron chi connectivity index (χ4n) is 3.27. The molecule has 1 heterocycles. The number of ether oxygens (including phenoxy) is 2. The summed E-state index contributed by atoms with van der Waals surface area (Å²) in [4.78, 5) is 20.6. The quantitative estimate of drug-likeness (QED) is 0.789. The Morgan fingerprint density at radius 2 is 2.06 bits per heavy atom. The summed E-state index contributed by atoms with van der Waals surface area (Å²) in [7, 11) is 3.12. The van der Waals surface area contributed by atoms with Crippen molar-refractivity contribution in [2.24, 2.45) is 5.92 Å². The topological polar surface area (TPSA) is 61.3 Å². The first-order valence-electron chi connectivity index (χ1n) is 6.12. The van der Waals surface area contributed by atoms with Crippen LogP contribution in [0.15, 0.2) is 0 Å². The monoisotopic (exact) mass is 248 g/mol. The Kier molecular flexibility index (Phi) is 2.33. The molecule has 0 N–H and O–H groups in total. The summed E-state index contributed by atoms with van der Waals surface area (Å²) in [5.74, 6) is 0.902. The minimum atomic E-state index is -0.171. The van der Waals surface area contributed by atoms with Crippen LogP contribution in [-0.2, 0) is 16.6 Å². The van der Waals surface area contributed by atoms with Gasteiger partial charge in [0.15, 0.2) is 0 Å². The lowest BCUT2D eigenvalue weighted by Crippen LogP contribution is -2.26. The van der Waals surface area contributed by atoms with Crippen LogP contribution in [0.5, 0.6) is 11.9 Å². The van der Waals surface area contributed by atoms with Crippen molar-refractivity contribution in [1.29, 1.82) is 0 Å². The third-order valence-electron chi connectivity index (χ3n) is 4.32. The molecule has 0 radical (unpaired) electrons. The van der Waals surface area contributed by atoms with Crippen molar-refractivity contribution in [1.82, 2.24) is 9.97 Å². The summed E-state index contributed by atoms with van der Waals surface area (Å²) in [5.41, 5.74) is 1.73. The van der Waals surface area contributed by atoms with Crippen molar-refractivity contribution in [3.05, 3.63) is 11.3 Å². The Bertz CT molecular complexity index is 529. The van der Waals surface area contributed by atoms with Gasteiger partial charge in [-0.15, -0.1) is 0 Å². The lowest BCUT2D eigenvalue weighted by Gasteiger charge is -2.22. The Hall–Kier alpha value is -1.65. The van der Waals surface area contributed by atoms with E-state index in [-0.39, 0.29) is 11.3 Å². The van der Waals surface area contributed by atoms with Crippen molar-refractivity contribution in [2.75, 3.05) is 14.2 Å². The van der Waals surface area contributed by atoms with Gasteiger partial charge in [0.05, 0.1) is 19.9 Å². The summed E-state index contributed by atoms with van der Waals surface area (Å²) in [6, 6.07) is 0.312. The Morgan fingerprint density at radius 1 is 1.28 bits per heavy atom. The van der Waals surface area contributed by atoms with Crippen LogP contribution < -0.4 is 9.47 Å². The molecule has 2 aliphatic carbocycles. The molecule has 3 rings (SSSR count). The van der Waals surface area contributed by atoms with Crippen LogP contribution in [0.4, 0.5) is 0 Å². The molecule has 1 unspecified atom stereocenters. The van der Waals surface area contributed by atoms with Gasteiger partial charge in [-0.2, -0.15) is 9.97 Å². The average Bonchev–Trinajstić information content (AvgIpc) is 2.83. The van der Waals surface area contributed by atoms with Crippen LogP contribution in [0.1, 0.15) is 31.0 Å². The summed E-state index contributed by atoms with van der Waals surface area (Å²) in [6.45, 7) is 2.11. The fraction of sp³-hybridized carbons (Fsp3) is 0.615. The number of hydrogen-bond donors (Lipinski definition) is 0. The maximum Gasteiger partial charge on any atom is 0.319 e. The molecule has 18 heavy (non-hydrogen) atoms. The molecule has 5 nitrogen and oxygen atoms in total. The number of hydrogen-bond acceptors (Lipinski definition) is 5. The summed E-state index contributed by atoms with van der Waals surface area (Å²) < 4.78 is 10.4. The van der Waals surface area contributed by atoms with E-state index in [0.717, 1.165) is 17.7 Å². The molecule has 0 aromatic carbocycles. The molecule has 0 saturated heterocycles. The standard InChI is InChI=1S/C13H16N2O3/c1-13-5-4-9(16)8(13)6-7-10(13)14-12(18-3)15-11(7)17-2/h8H,4-6H2,1-3H3/t8?,13-/m0/s1. The second kappa shape index (κ2) is 3.67. The van der Waals surface area contributed by atoms with Crippen LogP contribution in [-0.4, -0.2) is 30.0 Å². The highest BCUT2D eigenvalue weighted by molar-refractivity contribution is 5.87. The molecule has 96 valence electrons. The van der Waals surface area contributed by atoms with E-state index in [1.54, 1.807) is 7.11 Å². The molecule has 0 aliphatic heterocycles. The molecule has 1 aromatic rings. The largest absolute Gasteiger partial charge is 0.481 e. The smallest absolute Gasteiger partial charge is 0.319 e. The minimum absolute atomic E-state index is 0.0304. The second-order valence-electron chi connectivity index (χ2n) is 5.19. The molecular weight excluding hydrogens is 232 g/mol. The highest BCUT2D eigenvalue weighted by Gasteiger charge is 2.53. The van der Waals surface area contributed by atoms with Gasteiger partial charge in [-0.25, -0.2) is 0 Å². The highest BCUT2D eigenvalue weighted by Crippen LogP contribution is 2.52. The van der Waals surface area contributed by atoms with Crippen LogP contribution in [0.3, 0.4) is 0 Å². The van der Waals surface area contributed by atoms with E-state index in [2.05, 4.69) is 16.9 Å². The lowest BCUT2D eigenvalue weighted by atomic mass is 9.81. The number of aromatic nitrogens is 2. The molecule has 0 spiro atoms. The van der Waals surface area contributed by atoms with Gasteiger partial charge in [0.25, 0.3) is 0 Å². The van der Waals surface area contributed by atoms with E-state index in [1.165, 1.54) is 7.11 Å². The Balaban J connectivity index is 2.18. The van der Waals surface area contributed by atoms with Crippen LogP contribution in [0, 0.1) is 5.92 Å². The molecule has 0 bridgehead atoms. The third-order valence-corrected chi connectivity index (χ3v) is 4.32. The Labute approximate surface area is 106 Å². The normalized spacial score (nSPS) is 29.1. The number of rotatable bonds is 2. The predicted molar refractivity (Wildman–Crippen MR) is 63.9 cm³/mol. The van der Waals surface area contributed by atoms with Gasteiger partial charge in [-0.05, 0) is 12.8 Å². The third kappa shape index (κ3) is 1.30. The fourth-order valence-corrected chi connectivity index (χ4v) is 3.27. The van der Waals surface area contributed by atoms with Crippen molar-refractivity contribution in [2.45, 2.75) is 31.6 Å². The van der Waals surface area contributed by atoms with Gasteiger partial charge in [-0.1, -0.05) is 6.92 Å². The summed E-state index contributed by atoms with van der Waals surface area (Å²) in [6.07, 6.45) is 2.19. The van der Waals surface area contributed by atoms with Gasteiger partial charge >= 0.3 is 6.01 Å². The van der Waals surface area contributed by atoms with E-state index in [9.17, 15) is 4.79 Å². The first kappa shape index (κ1) is 11.4. The molecule has 5 heteroatoms. The Morgan fingerprint density at radius 3 is 2.72 bits per heavy atom. The first-order chi connectivity index (χ1) is 8.60. The van der Waals surface area contributed by atoms with Crippen molar-refractivity contribution in [3.8, 4) is 11.9 Å². The highest BCUT2D eigenvalue weighted by atomic mass is 16.5. The van der Waals surface area contributed by atoms with Crippen molar-refractivity contribution < 1.29 is 14.3 Å². The number of carbonyl (C=O) groups is 1. The maximum atomic E-state index is 12.0. The first-order valence-corrected chi connectivity index (χ1v) is 6.12. The van der Waals surface area contributed by atoms with Gasteiger partial charge in [0.1, 0.15) is 5.78 Å². The zero-order valence-corrected chi connectivity index (χ0v) is 10.8. The average molecular weight is 248 g/mol. The summed E-state index contributed by atoms with van der Waals surface area (Å²) in [5, 5.41) is 0. The van der Waals surface area contributed by atoms with E-state index in [0.29, 0.717) is 30.5 Å². The maximum absolute atomic E-state index is 12.0. The van der Waals surface area contributed by atoms with Crippen LogP contribution >= 0.6 is 0 Å². The molecular formula is C13H16N2O3. The number of nitrogens with zero attached hydrogens (tertiary/aromatic N) is 2. The molecule has 2 aliphatic rings. The molecule has 1 aromatic heterocycles. The number of methoxy groups -OCH3 is 2. The number of Topliss-reactive ketones (excluding diaryl/α,β-unsaturated/α-hetero) is 1. The van der Waals surface area contributed by atoms with Gasteiger partial charge in [-0.3, -0.25) is 4.79 Å². The van der Waals surface area contributed by atoms with E-state index in [4.69, 9.17) is 9.47 Å². The molecule has 0 amide bonds. The zero-order chi connectivity index (χ0) is 12.9. The second-order valence-corrected chi connectivity index (χ2v) is 5.19. The van der Waals surface area contributed by atoms with Gasteiger partial charge in [0.2, 0.25) is 5.88 Å². The number of fused-ring (bicyclic) bond motifs is 3. The predicted octanol–water partition coefficient (Wildman–Crippen LogP) is 1.29. The van der Waals surface area contributed by atoms with Crippen LogP contribution in [0.2, 0.25) is 0 Å². The minimum Gasteiger partial charge on any atom is -0.481 e. The molecule has 1 saturated carbocycles. The van der Waals surface area contributed by atoms with E-state index in [1.807, 2.05) is 0 Å². The summed E-state index contributed by atoms with van der Waals surface area (Å²) >= 11 is 0.